The van der Waals surface area contributed by atoms with E-state index >= 15 is 0 Å². The molecule has 0 aromatic carbocycles. The minimum Gasteiger partial charge on any atom is -0.322 e. The highest BCUT2D eigenvalue weighted by atomic mass is 79.9. The molecule has 1 atom stereocenters. The smallest absolute Gasteiger partial charge is 0.0642 e. The molecule has 1 heterocycles. The fourth-order valence-corrected chi connectivity index (χ4v) is 2.17. The number of hydrogen-bond donors (Lipinski definition) is 1. The van der Waals surface area contributed by atoms with Gasteiger partial charge in [-0.05, 0) is 22.0 Å². The van der Waals surface area contributed by atoms with Gasteiger partial charge in [-0.25, -0.2) is 0 Å². The van der Waals surface area contributed by atoms with Crippen LogP contribution in [-0.2, 0) is 0 Å². The fraction of sp³-hybridized carbons (Fsp3) is 0.286. The molecule has 0 radical (unpaired) electrons. The molecule has 0 spiro atoms. The molecule has 1 aromatic heterocycles. The Morgan fingerprint density at radius 2 is 2.55 bits per heavy atom. The van der Waals surface area contributed by atoms with E-state index in [-0.39, 0.29) is 6.04 Å². The number of nitrogens with two attached hydrogens (primary N) is 1. The van der Waals surface area contributed by atoms with Crippen LogP contribution in [0.1, 0.15) is 17.3 Å². The van der Waals surface area contributed by atoms with Gasteiger partial charge in [0.1, 0.15) is 0 Å². The lowest BCUT2D eigenvalue weighted by Crippen LogP contribution is -2.06. The fourth-order valence-electron chi connectivity index (χ4n) is 0.722. The Balaban J connectivity index is 2.70. The minimum atomic E-state index is -0.128. The zero-order valence-electron chi connectivity index (χ0n) is 5.75. The van der Waals surface area contributed by atoms with Crippen molar-refractivity contribution in [1.29, 1.82) is 5.26 Å². The first-order chi connectivity index (χ1) is 5.24. The number of hydrogen-bond acceptors (Lipinski definition) is 3. The molecule has 0 saturated carbocycles. The Labute approximate surface area is 77.8 Å². The predicted octanol–water partition coefficient (Wildman–Crippen LogP) is 2.42. The molecule has 2 N–H and O–H groups in total. The van der Waals surface area contributed by atoms with E-state index in [1.807, 2.05) is 17.5 Å². The summed E-state index contributed by atoms with van der Waals surface area (Å²) in [5, 5.41) is 10.3. The summed E-state index contributed by atoms with van der Waals surface area (Å²) in [6.45, 7) is 0. The van der Waals surface area contributed by atoms with E-state index < -0.39 is 0 Å². The minimum absolute atomic E-state index is 0.128. The number of rotatable bonds is 2. The molecular weight excluding hydrogens is 224 g/mol. The molecule has 0 saturated heterocycles. The largest absolute Gasteiger partial charge is 0.322 e. The van der Waals surface area contributed by atoms with Gasteiger partial charge in [0.05, 0.1) is 18.5 Å². The van der Waals surface area contributed by atoms with Gasteiger partial charge < -0.3 is 5.73 Å². The maximum absolute atomic E-state index is 8.37. The predicted molar refractivity (Wildman–Crippen MR) is 49.2 cm³/mol. The summed E-state index contributed by atoms with van der Waals surface area (Å²) >= 11 is 4.90. The van der Waals surface area contributed by atoms with Crippen molar-refractivity contribution in [2.24, 2.45) is 5.73 Å². The normalized spacial score (nSPS) is 12.5. The lowest BCUT2D eigenvalue weighted by molar-refractivity contribution is 0.764. The first-order valence-corrected chi connectivity index (χ1v) is 4.77. The van der Waals surface area contributed by atoms with E-state index in [1.165, 1.54) is 0 Å². The second-order valence-electron chi connectivity index (χ2n) is 2.14. The molecule has 4 heteroatoms. The van der Waals surface area contributed by atoms with Gasteiger partial charge in [-0.3, -0.25) is 0 Å². The van der Waals surface area contributed by atoms with Crippen LogP contribution in [0.4, 0.5) is 0 Å². The van der Waals surface area contributed by atoms with Gasteiger partial charge in [0.25, 0.3) is 0 Å². The number of halogens is 1. The van der Waals surface area contributed by atoms with E-state index in [1.54, 1.807) is 11.3 Å². The number of nitriles is 1. The highest BCUT2D eigenvalue weighted by Crippen LogP contribution is 2.25. The van der Waals surface area contributed by atoms with E-state index in [0.717, 1.165) is 9.35 Å². The Bertz CT molecular complexity index is 276. The molecule has 2 nitrogen and oxygen atoms in total. The molecule has 0 unspecified atom stereocenters. The molecule has 58 valence electrons. The number of nitrogens with zero attached hydrogens (tertiary/aromatic N) is 1. The summed E-state index contributed by atoms with van der Waals surface area (Å²) in [5.74, 6) is 0. The monoisotopic (exact) mass is 230 g/mol. The third kappa shape index (κ3) is 2.29. The maximum atomic E-state index is 8.37. The van der Waals surface area contributed by atoms with E-state index in [0.29, 0.717) is 6.42 Å². The van der Waals surface area contributed by atoms with Crippen molar-refractivity contribution in [3.05, 3.63) is 20.8 Å². The number of thiophene rings is 1. The van der Waals surface area contributed by atoms with Crippen molar-refractivity contribution in [1.82, 2.24) is 0 Å². The van der Waals surface area contributed by atoms with E-state index in [9.17, 15) is 0 Å². The highest BCUT2D eigenvalue weighted by Gasteiger charge is 2.06. The van der Waals surface area contributed by atoms with Gasteiger partial charge >= 0.3 is 0 Å². The summed E-state index contributed by atoms with van der Waals surface area (Å²) in [5.41, 5.74) is 5.69. The maximum Gasteiger partial charge on any atom is 0.0642 e. The third-order valence-electron chi connectivity index (χ3n) is 1.26. The first-order valence-electron chi connectivity index (χ1n) is 3.10. The van der Waals surface area contributed by atoms with E-state index in [2.05, 4.69) is 15.9 Å². The second-order valence-corrected chi connectivity index (χ2v) is 3.99. The van der Waals surface area contributed by atoms with Crippen LogP contribution in [0.2, 0.25) is 0 Å². The molecule has 1 rings (SSSR count). The topological polar surface area (TPSA) is 49.8 Å². The molecule has 0 aliphatic rings. The standard InChI is InChI=1S/C7H7BrN2S/c8-5-3-7(11-4-5)6(10)1-2-9/h3-4,6H,1,10H2/t6-/m0/s1. The molecule has 0 bridgehead atoms. The van der Waals surface area contributed by atoms with Crippen LogP contribution in [0.3, 0.4) is 0 Å². The van der Waals surface area contributed by atoms with Crippen molar-refractivity contribution in [2.45, 2.75) is 12.5 Å². The van der Waals surface area contributed by atoms with Crippen LogP contribution < -0.4 is 5.73 Å². The van der Waals surface area contributed by atoms with Crippen LogP contribution in [0.15, 0.2) is 15.9 Å². The quantitative estimate of drug-likeness (QED) is 0.849. The van der Waals surface area contributed by atoms with Crippen molar-refractivity contribution < 1.29 is 0 Å². The van der Waals surface area contributed by atoms with Crippen LogP contribution in [0.25, 0.3) is 0 Å². The zero-order valence-corrected chi connectivity index (χ0v) is 8.15. The molecule has 11 heavy (non-hydrogen) atoms. The third-order valence-corrected chi connectivity index (χ3v) is 3.09. The van der Waals surface area contributed by atoms with Gasteiger partial charge in [0, 0.05) is 14.7 Å². The van der Waals surface area contributed by atoms with Crippen LogP contribution in [0, 0.1) is 11.3 Å². The Morgan fingerprint density at radius 3 is 3.00 bits per heavy atom. The average molecular weight is 231 g/mol. The lowest BCUT2D eigenvalue weighted by Gasteiger charge is -2.01. The van der Waals surface area contributed by atoms with Gasteiger partial charge in [-0.1, -0.05) is 0 Å². The van der Waals surface area contributed by atoms with Gasteiger partial charge in [-0.15, -0.1) is 11.3 Å². The highest BCUT2D eigenvalue weighted by molar-refractivity contribution is 9.10. The molecule has 0 aliphatic carbocycles. The Hall–Kier alpha value is -0.370. The van der Waals surface area contributed by atoms with Crippen molar-refractivity contribution in [3.8, 4) is 6.07 Å². The van der Waals surface area contributed by atoms with Crippen LogP contribution >= 0.6 is 27.3 Å². The summed E-state index contributed by atoms with van der Waals surface area (Å²) in [4.78, 5) is 1.05. The van der Waals surface area contributed by atoms with Gasteiger partial charge in [-0.2, -0.15) is 5.26 Å². The van der Waals surface area contributed by atoms with Crippen molar-refractivity contribution in [3.63, 3.8) is 0 Å². The summed E-state index contributed by atoms with van der Waals surface area (Å²) < 4.78 is 1.03. The Kier molecular flexibility index (Phi) is 3.06. The van der Waals surface area contributed by atoms with Crippen LogP contribution in [-0.4, -0.2) is 0 Å². The zero-order chi connectivity index (χ0) is 8.27. The first kappa shape index (κ1) is 8.72. The van der Waals surface area contributed by atoms with Crippen molar-refractivity contribution in [2.75, 3.05) is 0 Å². The molecule has 0 fully saturated rings. The average Bonchev–Trinajstić information content (AvgIpc) is 2.36. The second kappa shape index (κ2) is 3.86. The van der Waals surface area contributed by atoms with Crippen LogP contribution in [0.5, 0.6) is 0 Å². The SMILES string of the molecule is N#CC[C@H](N)c1cc(Br)cs1. The lowest BCUT2D eigenvalue weighted by atomic mass is 10.2. The molecule has 0 amide bonds. The molecular formula is C7H7BrN2S. The summed E-state index contributed by atoms with van der Waals surface area (Å²) in [6, 6.07) is 3.86. The van der Waals surface area contributed by atoms with Gasteiger partial charge in [0.15, 0.2) is 0 Å². The molecule has 0 aliphatic heterocycles. The van der Waals surface area contributed by atoms with Gasteiger partial charge in [0.2, 0.25) is 0 Å². The van der Waals surface area contributed by atoms with E-state index in [4.69, 9.17) is 11.0 Å². The summed E-state index contributed by atoms with van der Waals surface area (Å²) in [7, 11) is 0. The molecule has 1 aromatic rings. The summed E-state index contributed by atoms with van der Waals surface area (Å²) in [6.07, 6.45) is 0.382. The Morgan fingerprint density at radius 1 is 1.82 bits per heavy atom. The van der Waals surface area contributed by atoms with Crippen molar-refractivity contribution >= 4 is 27.3 Å².